The van der Waals surface area contributed by atoms with E-state index in [1.54, 1.807) is 19.1 Å². The number of aromatic nitrogens is 1. The van der Waals surface area contributed by atoms with E-state index in [0.29, 0.717) is 11.3 Å². The summed E-state index contributed by atoms with van der Waals surface area (Å²) in [5, 5.41) is 10.4. The number of aliphatic carboxylic acids is 1. The molecule has 0 aliphatic carbocycles. The van der Waals surface area contributed by atoms with Crippen molar-refractivity contribution in [3.05, 3.63) is 39.8 Å². The molecule has 11 heteroatoms. The standard InChI is InChI=1S/C15H16Cl2FN5O3/c1-5(19)7-4-6(2-3-8(7)20)26-11-9(16)12(18)22-14(10(11)17)23-13(21)15(24)25/h2-5,13H,19-21H2,1H3,(H,22,23)(H,24,25). The summed E-state index contributed by atoms with van der Waals surface area (Å²) in [4.78, 5) is 14.3. The first-order valence-corrected chi connectivity index (χ1v) is 7.99. The number of carbonyl (C=O) groups is 1. The number of nitrogens with one attached hydrogen (secondary N) is 1. The van der Waals surface area contributed by atoms with E-state index in [1.165, 1.54) is 6.07 Å². The van der Waals surface area contributed by atoms with Crippen LogP contribution in [0, 0.1) is 5.95 Å². The summed E-state index contributed by atoms with van der Waals surface area (Å²) in [6.07, 6.45) is -1.56. The normalized spacial score (nSPS) is 13.2. The van der Waals surface area contributed by atoms with Crippen LogP contribution in [0.15, 0.2) is 18.2 Å². The number of hydrogen-bond acceptors (Lipinski definition) is 7. The highest BCUT2D eigenvalue weighted by molar-refractivity contribution is 6.38. The molecule has 2 aromatic rings. The van der Waals surface area contributed by atoms with Crippen LogP contribution in [-0.2, 0) is 4.79 Å². The van der Waals surface area contributed by atoms with Crippen molar-refractivity contribution in [2.75, 3.05) is 11.1 Å². The second kappa shape index (κ2) is 7.92. The SMILES string of the molecule is CC(N)c1cc(Oc2c(Cl)c(F)nc(NC(N)C(=O)O)c2Cl)ccc1N. The van der Waals surface area contributed by atoms with Crippen LogP contribution < -0.4 is 27.3 Å². The van der Waals surface area contributed by atoms with Gasteiger partial charge in [0.15, 0.2) is 17.7 Å². The fraction of sp³-hybridized carbons (Fsp3) is 0.200. The summed E-state index contributed by atoms with van der Waals surface area (Å²) in [6.45, 7) is 1.73. The molecule has 140 valence electrons. The number of pyridine rings is 1. The van der Waals surface area contributed by atoms with E-state index in [1.807, 2.05) is 0 Å². The molecular weight excluding hydrogens is 388 g/mol. The van der Waals surface area contributed by atoms with Gasteiger partial charge in [-0.05, 0) is 30.7 Å². The molecule has 0 aliphatic heterocycles. The Balaban J connectivity index is 2.45. The molecule has 2 unspecified atom stereocenters. The Morgan fingerprint density at radius 2 is 2.00 bits per heavy atom. The van der Waals surface area contributed by atoms with Crippen LogP contribution in [0.2, 0.25) is 10.0 Å². The predicted octanol–water partition coefficient (Wildman–Crippen LogP) is 2.70. The maximum absolute atomic E-state index is 14.0. The molecule has 0 saturated carbocycles. The minimum absolute atomic E-state index is 0.243. The van der Waals surface area contributed by atoms with Crippen LogP contribution in [0.4, 0.5) is 15.9 Å². The van der Waals surface area contributed by atoms with Gasteiger partial charge in [-0.15, -0.1) is 0 Å². The molecule has 0 fully saturated rings. The first-order chi connectivity index (χ1) is 12.1. The van der Waals surface area contributed by atoms with E-state index in [2.05, 4.69) is 10.3 Å². The molecule has 1 aromatic heterocycles. The second-order valence-corrected chi connectivity index (χ2v) is 6.11. The lowest BCUT2D eigenvalue weighted by Gasteiger charge is -2.17. The molecule has 8 nitrogen and oxygen atoms in total. The third-order valence-electron chi connectivity index (χ3n) is 3.32. The van der Waals surface area contributed by atoms with Gasteiger partial charge < -0.3 is 32.4 Å². The number of carboxylic acid groups (broad SMARTS) is 1. The average molecular weight is 404 g/mol. The lowest BCUT2D eigenvalue weighted by Crippen LogP contribution is -2.38. The number of carboxylic acids is 1. The molecule has 0 aliphatic rings. The molecule has 1 aromatic carbocycles. The van der Waals surface area contributed by atoms with E-state index < -0.39 is 23.1 Å². The van der Waals surface area contributed by atoms with Crippen LogP contribution >= 0.6 is 23.2 Å². The van der Waals surface area contributed by atoms with Crippen molar-refractivity contribution in [2.45, 2.75) is 19.1 Å². The highest BCUT2D eigenvalue weighted by atomic mass is 35.5. The van der Waals surface area contributed by atoms with Crippen LogP contribution in [0.1, 0.15) is 18.5 Å². The molecule has 1 heterocycles. The molecular formula is C15H16Cl2FN5O3. The van der Waals surface area contributed by atoms with Gasteiger partial charge in [0, 0.05) is 11.7 Å². The Hall–Kier alpha value is -2.33. The van der Waals surface area contributed by atoms with Gasteiger partial charge in [-0.1, -0.05) is 23.2 Å². The van der Waals surface area contributed by atoms with E-state index in [4.69, 9.17) is 50.2 Å². The summed E-state index contributed by atoms with van der Waals surface area (Å²) < 4.78 is 19.6. The average Bonchev–Trinajstić information content (AvgIpc) is 2.57. The first-order valence-electron chi connectivity index (χ1n) is 7.24. The van der Waals surface area contributed by atoms with Crippen molar-refractivity contribution in [1.82, 2.24) is 4.98 Å². The molecule has 2 rings (SSSR count). The Morgan fingerprint density at radius 3 is 2.58 bits per heavy atom. The van der Waals surface area contributed by atoms with Crippen LogP contribution in [0.5, 0.6) is 11.5 Å². The summed E-state index contributed by atoms with van der Waals surface area (Å²) >= 11 is 12.0. The lowest BCUT2D eigenvalue weighted by molar-refractivity contribution is -0.137. The number of anilines is 2. The van der Waals surface area contributed by atoms with Gasteiger partial charge in [0.25, 0.3) is 0 Å². The van der Waals surface area contributed by atoms with Gasteiger partial charge in [0.05, 0.1) is 0 Å². The Morgan fingerprint density at radius 1 is 1.35 bits per heavy atom. The Kier molecular flexibility index (Phi) is 6.09. The van der Waals surface area contributed by atoms with Gasteiger partial charge in [-0.25, -0.2) is 4.79 Å². The number of rotatable bonds is 6. The molecule has 26 heavy (non-hydrogen) atoms. The molecule has 0 saturated heterocycles. The van der Waals surface area contributed by atoms with Gasteiger partial charge >= 0.3 is 5.97 Å². The van der Waals surface area contributed by atoms with E-state index in [0.717, 1.165) is 0 Å². The summed E-state index contributed by atoms with van der Waals surface area (Å²) in [5.41, 5.74) is 18.1. The predicted molar refractivity (Wildman–Crippen MR) is 97.0 cm³/mol. The largest absolute Gasteiger partial charge is 0.479 e. The molecule has 0 amide bonds. The van der Waals surface area contributed by atoms with Crippen molar-refractivity contribution < 1.29 is 19.0 Å². The van der Waals surface area contributed by atoms with Crippen LogP contribution in [0.25, 0.3) is 0 Å². The van der Waals surface area contributed by atoms with E-state index in [-0.39, 0.29) is 28.4 Å². The third kappa shape index (κ3) is 4.25. The van der Waals surface area contributed by atoms with E-state index in [9.17, 15) is 9.18 Å². The van der Waals surface area contributed by atoms with Crippen molar-refractivity contribution in [2.24, 2.45) is 11.5 Å². The van der Waals surface area contributed by atoms with Crippen molar-refractivity contribution in [1.29, 1.82) is 0 Å². The van der Waals surface area contributed by atoms with Crippen LogP contribution in [-0.4, -0.2) is 22.2 Å². The number of benzene rings is 1. The fourth-order valence-corrected chi connectivity index (χ4v) is 2.47. The smallest absolute Gasteiger partial charge is 0.341 e. The number of ether oxygens (including phenoxy) is 1. The van der Waals surface area contributed by atoms with Crippen molar-refractivity contribution in [3.63, 3.8) is 0 Å². The first kappa shape index (κ1) is 20.0. The molecule has 2 atom stereocenters. The Labute approximate surface area is 158 Å². The second-order valence-electron chi connectivity index (χ2n) is 5.35. The fourth-order valence-electron chi connectivity index (χ4n) is 2.02. The van der Waals surface area contributed by atoms with Crippen molar-refractivity contribution in [3.8, 4) is 11.5 Å². The van der Waals surface area contributed by atoms with Gasteiger partial charge in [0.2, 0.25) is 5.95 Å². The minimum atomic E-state index is -1.56. The number of nitrogens with zero attached hydrogens (tertiary/aromatic N) is 1. The molecule has 8 N–H and O–H groups in total. The molecule has 0 bridgehead atoms. The zero-order chi connectivity index (χ0) is 19.6. The van der Waals surface area contributed by atoms with Crippen molar-refractivity contribution >= 4 is 40.7 Å². The maximum atomic E-state index is 14.0. The van der Waals surface area contributed by atoms with Gasteiger partial charge in [0.1, 0.15) is 15.8 Å². The lowest BCUT2D eigenvalue weighted by atomic mass is 10.1. The summed E-state index contributed by atoms with van der Waals surface area (Å²) in [5.74, 6) is -2.85. The third-order valence-corrected chi connectivity index (χ3v) is 4.00. The highest BCUT2D eigenvalue weighted by Gasteiger charge is 2.23. The summed E-state index contributed by atoms with van der Waals surface area (Å²) in [7, 11) is 0. The zero-order valence-electron chi connectivity index (χ0n) is 13.5. The number of hydrogen-bond donors (Lipinski definition) is 5. The van der Waals surface area contributed by atoms with Gasteiger partial charge in [-0.2, -0.15) is 9.37 Å². The topological polar surface area (TPSA) is 150 Å². The molecule has 0 spiro atoms. The van der Waals surface area contributed by atoms with Gasteiger partial charge in [-0.3, -0.25) is 0 Å². The Bertz CT molecular complexity index is 851. The molecule has 0 radical (unpaired) electrons. The monoisotopic (exact) mass is 403 g/mol. The highest BCUT2D eigenvalue weighted by Crippen LogP contribution is 2.41. The quantitative estimate of drug-likeness (QED) is 0.280. The van der Waals surface area contributed by atoms with Crippen LogP contribution in [0.3, 0.4) is 0 Å². The minimum Gasteiger partial charge on any atom is -0.479 e. The number of halogens is 3. The zero-order valence-corrected chi connectivity index (χ0v) is 15.0. The summed E-state index contributed by atoms with van der Waals surface area (Å²) in [6, 6.07) is 4.26. The number of nitrogen functional groups attached to an aromatic ring is 1. The number of nitrogens with two attached hydrogens (primary N) is 3. The maximum Gasteiger partial charge on any atom is 0.341 e. The van der Waals surface area contributed by atoms with E-state index >= 15 is 0 Å².